The van der Waals surface area contributed by atoms with Crippen LogP contribution < -0.4 is 4.74 Å². The lowest BCUT2D eigenvalue weighted by molar-refractivity contribution is -0.139. The summed E-state index contributed by atoms with van der Waals surface area (Å²) in [5.41, 5.74) is 3.05. The molecule has 4 rings (SSSR count). The van der Waals surface area contributed by atoms with Crippen LogP contribution >= 0.6 is 0 Å². The first-order valence-electron chi connectivity index (χ1n) is 10.9. The maximum atomic E-state index is 13.7. The average molecular weight is 438 g/mol. The highest BCUT2D eigenvalue weighted by Gasteiger charge is 2.44. The normalized spacial score (nSPS) is 19.1. The number of aliphatic hydroxyl groups is 2. The second-order valence-electron chi connectivity index (χ2n) is 8.51. The molecule has 0 saturated heterocycles. The number of rotatable bonds is 7. The molecule has 1 saturated carbocycles. The monoisotopic (exact) mass is 438 g/mol. The fourth-order valence-corrected chi connectivity index (χ4v) is 4.73. The van der Waals surface area contributed by atoms with E-state index < -0.39 is 30.2 Å². The molecule has 1 fully saturated rings. The van der Waals surface area contributed by atoms with Crippen LogP contribution in [0.25, 0.3) is 5.57 Å². The fraction of sp³-hybridized carbons (Fsp3) is 0.346. The third-order valence-electron chi connectivity index (χ3n) is 6.17. The summed E-state index contributed by atoms with van der Waals surface area (Å²) >= 11 is 0. The van der Waals surface area contributed by atoms with Gasteiger partial charge in [-0.05, 0) is 55.0 Å². The lowest BCUT2D eigenvalue weighted by Crippen LogP contribution is -2.38. The first kappa shape index (κ1) is 22.2. The van der Waals surface area contributed by atoms with Crippen LogP contribution in [0.4, 0.5) is 4.39 Å². The number of fused-ring (bicyclic) bond motifs is 1. The van der Waals surface area contributed by atoms with Crippen molar-refractivity contribution in [2.24, 2.45) is 0 Å². The highest BCUT2D eigenvalue weighted by molar-refractivity contribution is 5.89. The minimum atomic E-state index is -1.14. The van der Waals surface area contributed by atoms with Crippen LogP contribution in [0.3, 0.4) is 0 Å². The number of aliphatic hydroxyl groups excluding tert-OH is 2. The summed E-state index contributed by atoms with van der Waals surface area (Å²) < 4.78 is 20.2. The molecule has 1 aliphatic carbocycles. The van der Waals surface area contributed by atoms with Gasteiger partial charge in [0, 0.05) is 17.6 Å². The second kappa shape index (κ2) is 9.27. The number of aliphatic carboxylic acids is 1. The third kappa shape index (κ3) is 4.61. The van der Waals surface area contributed by atoms with Gasteiger partial charge in [-0.3, -0.25) is 4.79 Å². The smallest absolute Gasteiger partial charge is 0.305 e. The largest absolute Gasteiger partial charge is 0.482 e. The van der Waals surface area contributed by atoms with E-state index >= 15 is 0 Å². The molecule has 5 nitrogen and oxygen atoms in total. The van der Waals surface area contributed by atoms with Crippen LogP contribution in [-0.4, -0.2) is 39.1 Å². The zero-order valence-corrected chi connectivity index (χ0v) is 17.7. The molecule has 2 aromatic carbocycles. The second-order valence-corrected chi connectivity index (χ2v) is 8.51. The van der Waals surface area contributed by atoms with E-state index in [1.807, 2.05) is 30.3 Å². The summed E-state index contributed by atoms with van der Waals surface area (Å²) in [6.07, 6.45) is 4.43. The zero-order chi connectivity index (χ0) is 22.7. The lowest BCUT2D eigenvalue weighted by atomic mass is 9.79. The van der Waals surface area contributed by atoms with Gasteiger partial charge in [-0.1, -0.05) is 42.5 Å². The molecule has 0 radical (unpaired) electrons. The number of carboxylic acid groups (broad SMARTS) is 1. The Kier molecular flexibility index (Phi) is 6.44. The van der Waals surface area contributed by atoms with Gasteiger partial charge in [-0.15, -0.1) is 0 Å². The third-order valence-corrected chi connectivity index (χ3v) is 6.17. The van der Waals surface area contributed by atoms with Crippen LogP contribution in [0.1, 0.15) is 49.7 Å². The average Bonchev–Trinajstić information content (AvgIpc) is 3.20. The molecule has 1 heterocycles. The molecule has 0 bridgehead atoms. The maximum absolute atomic E-state index is 13.7. The van der Waals surface area contributed by atoms with E-state index in [9.17, 15) is 19.4 Å². The molecule has 168 valence electrons. The first-order chi connectivity index (χ1) is 15.4. The molecule has 32 heavy (non-hydrogen) atoms. The minimum absolute atomic E-state index is 0.0770. The van der Waals surface area contributed by atoms with Crippen molar-refractivity contribution < 1.29 is 29.2 Å². The Hall–Kier alpha value is -2.96. The number of hydrogen-bond donors (Lipinski definition) is 3. The number of benzene rings is 2. The van der Waals surface area contributed by atoms with Crippen LogP contribution in [0, 0.1) is 5.82 Å². The van der Waals surface area contributed by atoms with Gasteiger partial charge in [-0.25, -0.2) is 4.39 Å². The number of carboxylic acids is 1. The SMILES string of the molecule is O=C(O)C[C@@H](O)C[C@H](O)/C=C/C1=C(c2ccc(F)cc2)c2ccccc2OC12CCCC2. The van der Waals surface area contributed by atoms with E-state index in [-0.39, 0.29) is 12.2 Å². The highest BCUT2D eigenvalue weighted by atomic mass is 19.1. The number of carbonyl (C=O) groups is 1. The molecule has 2 aliphatic rings. The van der Waals surface area contributed by atoms with E-state index in [2.05, 4.69) is 0 Å². The van der Waals surface area contributed by atoms with Crippen molar-refractivity contribution >= 4 is 11.5 Å². The summed E-state index contributed by atoms with van der Waals surface area (Å²) in [6, 6.07) is 14.1. The fourth-order valence-electron chi connectivity index (χ4n) is 4.73. The Morgan fingerprint density at radius 1 is 1.09 bits per heavy atom. The van der Waals surface area contributed by atoms with Crippen LogP contribution in [0.15, 0.2) is 66.3 Å². The van der Waals surface area contributed by atoms with Crippen molar-refractivity contribution in [1.82, 2.24) is 0 Å². The molecule has 1 spiro atoms. The summed E-state index contributed by atoms with van der Waals surface area (Å²) in [4.78, 5) is 10.8. The van der Waals surface area contributed by atoms with Crippen molar-refractivity contribution in [2.75, 3.05) is 0 Å². The minimum Gasteiger partial charge on any atom is -0.482 e. The van der Waals surface area contributed by atoms with E-state index in [1.54, 1.807) is 18.2 Å². The number of hydrogen-bond acceptors (Lipinski definition) is 4. The number of para-hydroxylation sites is 1. The standard InChI is InChI=1S/C26H27FO5/c27-18-9-7-17(8-10-18)25-21-5-1-2-6-23(21)32-26(13-3-4-14-26)22(25)12-11-19(28)15-20(29)16-24(30)31/h1-2,5-12,19-20,28-29H,3-4,13-16H2,(H,30,31)/b12-11+/t19-,20+/m1/s1. The number of halogens is 1. The van der Waals surface area contributed by atoms with Crippen LogP contribution in [0.5, 0.6) is 5.75 Å². The molecular weight excluding hydrogens is 411 g/mol. The molecule has 2 atom stereocenters. The topological polar surface area (TPSA) is 87.0 Å². The molecule has 0 unspecified atom stereocenters. The highest BCUT2D eigenvalue weighted by Crippen LogP contribution is 2.50. The molecule has 2 aromatic rings. The molecule has 1 aliphatic heterocycles. The maximum Gasteiger partial charge on any atom is 0.305 e. The van der Waals surface area contributed by atoms with E-state index in [1.165, 1.54) is 12.1 Å². The van der Waals surface area contributed by atoms with Gasteiger partial charge in [0.15, 0.2) is 0 Å². The van der Waals surface area contributed by atoms with Gasteiger partial charge >= 0.3 is 5.97 Å². The Bertz CT molecular complexity index is 1030. The van der Waals surface area contributed by atoms with Gasteiger partial charge in [-0.2, -0.15) is 0 Å². The van der Waals surface area contributed by atoms with Crippen molar-refractivity contribution in [2.45, 2.75) is 56.3 Å². The lowest BCUT2D eigenvalue weighted by Gasteiger charge is -2.39. The van der Waals surface area contributed by atoms with Crippen molar-refractivity contribution in [3.8, 4) is 5.75 Å². The molecule has 6 heteroatoms. The summed E-state index contributed by atoms with van der Waals surface area (Å²) in [7, 11) is 0. The summed E-state index contributed by atoms with van der Waals surface area (Å²) in [5, 5.41) is 29.1. The summed E-state index contributed by atoms with van der Waals surface area (Å²) in [5.74, 6) is -0.648. The van der Waals surface area contributed by atoms with E-state index in [0.717, 1.165) is 53.7 Å². The van der Waals surface area contributed by atoms with Gasteiger partial charge in [0.05, 0.1) is 18.6 Å². The molecule has 0 amide bonds. The molecular formula is C26H27FO5. The van der Waals surface area contributed by atoms with Crippen molar-refractivity contribution in [1.29, 1.82) is 0 Å². The van der Waals surface area contributed by atoms with Crippen LogP contribution in [0.2, 0.25) is 0 Å². The van der Waals surface area contributed by atoms with Crippen molar-refractivity contribution in [3.05, 3.63) is 83.2 Å². The van der Waals surface area contributed by atoms with Gasteiger partial charge in [0.25, 0.3) is 0 Å². The van der Waals surface area contributed by atoms with Gasteiger partial charge < -0.3 is 20.1 Å². The predicted molar refractivity (Wildman–Crippen MR) is 119 cm³/mol. The number of ether oxygens (including phenoxy) is 1. The van der Waals surface area contributed by atoms with Crippen LogP contribution in [-0.2, 0) is 4.79 Å². The quantitative estimate of drug-likeness (QED) is 0.594. The predicted octanol–water partition coefficient (Wildman–Crippen LogP) is 4.48. The molecule has 3 N–H and O–H groups in total. The molecule has 0 aromatic heterocycles. The van der Waals surface area contributed by atoms with Gasteiger partial charge in [0.1, 0.15) is 17.2 Å². The Morgan fingerprint density at radius 3 is 2.47 bits per heavy atom. The summed E-state index contributed by atoms with van der Waals surface area (Å²) in [6.45, 7) is 0. The van der Waals surface area contributed by atoms with E-state index in [4.69, 9.17) is 9.84 Å². The first-order valence-corrected chi connectivity index (χ1v) is 10.9. The van der Waals surface area contributed by atoms with Crippen molar-refractivity contribution in [3.63, 3.8) is 0 Å². The van der Waals surface area contributed by atoms with E-state index in [0.29, 0.717) is 0 Å². The Morgan fingerprint density at radius 2 is 1.78 bits per heavy atom. The van der Waals surface area contributed by atoms with Gasteiger partial charge in [0.2, 0.25) is 0 Å². The Balaban J connectivity index is 1.79. The zero-order valence-electron chi connectivity index (χ0n) is 17.7. The Labute approximate surface area is 186 Å².